The van der Waals surface area contributed by atoms with Crippen LogP contribution in [0.4, 0.5) is 0 Å². The predicted molar refractivity (Wildman–Crippen MR) is 98.7 cm³/mol. The Hall–Kier alpha value is -2.34. The average Bonchev–Trinajstić information content (AvgIpc) is 2.71. The van der Waals surface area contributed by atoms with E-state index < -0.39 is 0 Å². The number of piperidine rings is 3. The Labute approximate surface area is 154 Å². The molecule has 3 aliphatic rings. The van der Waals surface area contributed by atoms with E-state index in [0.29, 0.717) is 17.8 Å². The smallest absolute Gasteiger partial charge is 0.233 e. The van der Waals surface area contributed by atoms with Crippen LogP contribution in [0, 0.1) is 5.92 Å². The summed E-state index contributed by atoms with van der Waals surface area (Å²) in [5.41, 5.74) is 1.58. The van der Waals surface area contributed by atoms with Gasteiger partial charge in [0, 0.05) is 17.7 Å². The van der Waals surface area contributed by atoms with E-state index in [9.17, 15) is 0 Å². The SMILES string of the molecule is COc1ccc(OC)c(-c2ccc(O[C@@H]3C4CCN(CC4)[C@H]3C)nn2)c1. The molecule has 0 N–H and O–H groups in total. The fourth-order valence-corrected chi connectivity index (χ4v) is 4.13. The lowest BCUT2D eigenvalue weighted by atomic mass is 9.81. The molecule has 0 spiro atoms. The average molecular weight is 355 g/mol. The van der Waals surface area contributed by atoms with Crippen LogP contribution in [0.2, 0.25) is 0 Å². The second kappa shape index (κ2) is 7.11. The number of rotatable bonds is 5. The van der Waals surface area contributed by atoms with Crippen molar-refractivity contribution >= 4 is 0 Å². The van der Waals surface area contributed by atoms with E-state index in [-0.39, 0.29) is 6.10 Å². The highest BCUT2D eigenvalue weighted by Gasteiger charge is 2.41. The standard InChI is InChI=1S/C20H25N3O3/c1-13-20(14-8-10-23(13)11-9-14)26-19-7-5-17(21-22-19)16-12-15(24-2)4-6-18(16)25-3/h4-7,12-14,20H,8-11H2,1-3H3/t13-,20-/m0/s1. The van der Waals surface area contributed by atoms with Crippen LogP contribution in [0.15, 0.2) is 30.3 Å². The van der Waals surface area contributed by atoms with Crippen LogP contribution in [-0.2, 0) is 0 Å². The maximum atomic E-state index is 6.22. The van der Waals surface area contributed by atoms with Crippen molar-refractivity contribution in [3.8, 4) is 28.6 Å². The first-order valence-electron chi connectivity index (χ1n) is 9.16. The fraction of sp³-hybridized carbons (Fsp3) is 0.500. The Kier molecular flexibility index (Phi) is 4.68. The maximum Gasteiger partial charge on any atom is 0.233 e. The van der Waals surface area contributed by atoms with Gasteiger partial charge in [0.1, 0.15) is 17.6 Å². The van der Waals surface area contributed by atoms with Crippen molar-refractivity contribution in [3.05, 3.63) is 30.3 Å². The summed E-state index contributed by atoms with van der Waals surface area (Å²) in [5, 5.41) is 8.67. The third-order valence-corrected chi connectivity index (χ3v) is 5.67. The van der Waals surface area contributed by atoms with Crippen LogP contribution in [0.5, 0.6) is 17.4 Å². The Bertz CT molecular complexity index is 755. The van der Waals surface area contributed by atoms with Gasteiger partial charge in [-0.1, -0.05) is 0 Å². The molecule has 6 nitrogen and oxygen atoms in total. The van der Waals surface area contributed by atoms with Gasteiger partial charge in [0.15, 0.2) is 0 Å². The molecule has 0 radical (unpaired) electrons. The van der Waals surface area contributed by atoms with Crippen LogP contribution in [-0.4, -0.2) is 54.6 Å². The van der Waals surface area contributed by atoms with E-state index >= 15 is 0 Å². The quantitative estimate of drug-likeness (QED) is 0.822. The summed E-state index contributed by atoms with van der Waals surface area (Å²) >= 11 is 0. The third kappa shape index (κ3) is 3.09. The van der Waals surface area contributed by atoms with Gasteiger partial charge in [-0.25, -0.2) is 0 Å². The van der Waals surface area contributed by atoms with E-state index in [1.807, 2.05) is 30.3 Å². The molecule has 6 heteroatoms. The lowest BCUT2D eigenvalue weighted by Crippen LogP contribution is -2.58. The summed E-state index contributed by atoms with van der Waals surface area (Å²) in [4.78, 5) is 2.51. The number of methoxy groups -OCH3 is 2. The first kappa shape index (κ1) is 17.1. The predicted octanol–water partition coefficient (Wildman–Crippen LogP) is 3.02. The number of nitrogens with zero attached hydrogens (tertiary/aromatic N) is 3. The topological polar surface area (TPSA) is 56.7 Å². The van der Waals surface area contributed by atoms with Gasteiger partial charge in [0.2, 0.25) is 5.88 Å². The highest BCUT2D eigenvalue weighted by molar-refractivity contribution is 5.68. The number of aromatic nitrogens is 2. The minimum absolute atomic E-state index is 0.198. The van der Waals surface area contributed by atoms with E-state index in [4.69, 9.17) is 14.2 Å². The zero-order valence-corrected chi connectivity index (χ0v) is 15.5. The maximum absolute atomic E-state index is 6.22. The lowest BCUT2D eigenvalue weighted by Gasteiger charge is -2.48. The monoisotopic (exact) mass is 355 g/mol. The molecule has 4 heterocycles. The molecule has 138 valence electrons. The van der Waals surface area contributed by atoms with Crippen molar-refractivity contribution in [2.24, 2.45) is 5.92 Å². The molecule has 2 bridgehead atoms. The first-order chi connectivity index (χ1) is 12.7. The molecular weight excluding hydrogens is 330 g/mol. The Balaban J connectivity index is 1.54. The van der Waals surface area contributed by atoms with Crippen LogP contribution in [0.1, 0.15) is 19.8 Å². The molecule has 2 aromatic rings. The number of hydrogen-bond acceptors (Lipinski definition) is 6. The number of fused-ring (bicyclic) bond motifs is 3. The second-order valence-corrected chi connectivity index (χ2v) is 7.02. The molecular formula is C20H25N3O3. The third-order valence-electron chi connectivity index (χ3n) is 5.67. The molecule has 26 heavy (non-hydrogen) atoms. The van der Waals surface area contributed by atoms with Crippen LogP contribution >= 0.6 is 0 Å². The van der Waals surface area contributed by atoms with Gasteiger partial charge in [-0.3, -0.25) is 4.90 Å². The van der Waals surface area contributed by atoms with Crippen LogP contribution in [0.3, 0.4) is 0 Å². The molecule has 3 fully saturated rings. The zero-order chi connectivity index (χ0) is 18.1. The summed E-state index contributed by atoms with van der Waals surface area (Å²) in [5.74, 6) is 2.69. The van der Waals surface area contributed by atoms with Gasteiger partial charge < -0.3 is 14.2 Å². The molecule has 3 aliphatic heterocycles. The largest absolute Gasteiger partial charge is 0.497 e. The van der Waals surface area contributed by atoms with Crippen LogP contribution < -0.4 is 14.2 Å². The molecule has 3 saturated heterocycles. The van der Waals surface area contributed by atoms with Crippen molar-refractivity contribution < 1.29 is 14.2 Å². The Morgan fingerprint density at radius 1 is 1.00 bits per heavy atom. The van der Waals surface area contributed by atoms with Gasteiger partial charge in [-0.05, 0) is 63.0 Å². The fourth-order valence-electron chi connectivity index (χ4n) is 4.13. The van der Waals surface area contributed by atoms with Crippen LogP contribution in [0.25, 0.3) is 11.3 Å². The summed E-state index contributed by atoms with van der Waals surface area (Å²) in [6, 6.07) is 9.88. The summed E-state index contributed by atoms with van der Waals surface area (Å²) in [7, 11) is 3.29. The highest BCUT2D eigenvalue weighted by atomic mass is 16.5. The van der Waals surface area contributed by atoms with Crippen molar-refractivity contribution in [2.75, 3.05) is 27.3 Å². The van der Waals surface area contributed by atoms with E-state index in [1.54, 1.807) is 14.2 Å². The van der Waals surface area contributed by atoms with Crippen molar-refractivity contribution in [1.29, 1.82) is 0 Å². The van der Waals surface area contributed by atoms with Gasteiger partial charge >= 0.3 is 0 Å². The summed E-state index contributed by atoms with van der Waals surface area (Å²) in [6.45, 7) is 4.62. The molecule has 1 aromatic carbocycles. The highest BCUT2D eigenvalue weighted by Crippen LogP contribution is 2.35. The minimum Gasteiger partial charge on any atom is -0.497 e. The molecule has 0 unspecified atom stereocenters. The molecule has 1 aromatic heterocycles. The molecule has 5 rings (SSSR count). The van der Waals surface area contributed by atoms with Gasteiger partial charge in [0.25, 0.3) is 0 Å². The number of hydrogen-bond donors (Lipinski definition) is 0. The Morgan fingerprint density at radius 2 is 1.81 bits per heavy atom. The van der Waals surface area contributed by atoms with E-state index in [2.05, 4.69) is 22.0 Å². The van der Waals surface area contributed by atoms with E-state index in [1.165, 1.54) is 25.9 Å². The van der Waals surface area contributed by atoms with Crippen molar-refractivity contribution in [2.45, 2.75) is 31.9 Å². The first-order valence-corrected chi connectivity index (χ1v) is 9.16. The second-order valence-electron chi connectivity index (χ2n) is 7.02. The van der Waals surface area contributed by atoms with Crippen molar-refractivity contribution in [3.63, 3.8) is 0 Å². The minimum atomic E-state index is 0.198. The van der Waals surface area contributed by atoms with Gasteiger partial charge in [-0.15, -0.1) is 10.2 Å². The summed E-state index contributed by atoms with van der Waals surface area (Å²) in [6.07, 6.45) is 2.62. The van der Waals surface area contributed by atoms with E-state index in [0.717, 1.165) is 22.8 Å². The van der Waals surface area contributed by atoms with Gasteiger partial charge in [0.05, 0.1) is 19.9 Å². The lowest BCUT2D eigenvalue weighted by molar-refractivity contribution is -0.0528. The number of benzene rings is 1. The number of ether oxygens (including phenoxy) is 3. The summed E-state index contributed by atoms with van der Waals surface area (Å²) < 4.78 is 17.0. The zero-order valence-electron chi connectivity index (χ0n) is 15.5. The normalized spacial score (nSPS) is 27.2. The molecule has 0 saturated carbocycles. The molecule has 0 amide bonds. The van der Waals surface area contributed by atoms with Crippen molar-refractivity contribution in [1.82, 2.24) is 15.1 Å². The van der Waals surface area contributed by atoms with Gasteiger partial charge in [-0.2, -0.15) is 0 Å². The Morgan fingerprint density at radius 3 is 2.42 bits per heavy atom. The molecule has 0 aliphatic carbocycles. The molecule has 2 atom stereocenters.